The Kier molecular flexibility index (Phi) is 6.84. The number of nitrogens with two attached hydrogens (primary N) is 1. The normalized spacial score (nSPS) is 11.3. The van der Waals surface area contributed by atoms with E-state index in [1.165, 1.54) is 6.07 Å². The van der Waals surface area contributed by atoms with E-state index in [0.717, 1.165) is 11.1 Å². The third-order valence-electron chi connectivity index (χ3n) is 4.54. The largest absolute Gasteiger partial charge is 0.289 e. The summed E-state index contributed by atoms with van der Waals surface area (Å²) in [6.07, 6.45) is 2.85. The number of nitrogens with zero attached hydrogens (tertiary/aromatic N) is 1. The van der Waals surface area contributed by atoms with Crippen molar-refractivity contribution in [2.45, 2.75) is 24.2 Å². The molecule has 7 nitrogen and oxygen atoms in total. The molecular weight excluding hydrogens is 426 g/mol. The first-order valence-corrected chi connectivity index (χ1v) is 11.0. The molecule has 0 saturated carbocycles. The van der Waals surface area contributed by atoms with E-state index in [-0.39, 0.29) is 11.3 Å². The summed E-state index contributed by atoms with van der Waals surface area (Å²) >= 11 is 5.99. The number of carbonyl (C=O) groups is 1. The van der Waals surface area contributed by atoms with Gasteiger partial charge >= 0.3 is 0 Å². The van der Waals surface area contributed by atoms with Crippen molar-refractivity contribution in [2.24, 2.45) is 5.14 Å². The van der Waals surface area contributed by atoms with Crippen LogP contribution in [0.3, 0.4) is 0 Å². The van der Waals surface area contributed by atoms with E-state index in [1.807, 2.05) is 6.07 Å². The minimum Gasteiger partial charge on any atom is -0.289 e. The first-order valence-electron chi connectivity index (χ1n) is 9.09. The maximum absolute atomic E-state index is 12.2. The van der Waals surface area contributed by atoms with Crippen LogP contribution in [0.5, 0.6) is 0 Å². The molecule has 2 aromatic carbocycles. The first kappa shape index (κ1) is 21.9. The van der Waals surface area contributed by atoms with Crippen LogP contribution in [0, 0.1) is 0 Å². The van der Waals surface area contributed by atoms with Gasteiger partial charge in [-0.3, -0.25) is 15.0 Å². The lowest BCUT2D eigenvalue weighted by Crippen LogP contribution is -2.18. The van der Waals surface area contributed by atoms with Gasteiger partial charge in [-0.25, -0.2) is 19.0 Å². The highest BCUT2D eigenvalue weighted by atomic mass is 35.5. The zero-order valence-corrected chi connectivity index (χ0v) is 17.4. The predicted molar refractivity (Wildman–Crippen MR) is 114 cm³/mol. The Hall–Kier alpha value is -2.78. The van der Waals surface area contributed by atoms with Crippen LogP contribution in [0.2, 0.25) is 5.02 Å². The molecule has 0 aliphatic carbocycles. The fourth-order valence-electron chi connectivity index (χ4n) is 3.13. The van der Waals surface area contributed by atoms with Gasteiger partial charge in [0.05, 0.1) is 10.6 Å². The van der Waals surface area contributed by atoms with Crippen LogP contribution in [0.1, 0.15) is 18.4 Å². The molecule has 0 aliphatic heterocycles. The molecule has 0 spiro atoms. The third-order valence-corrected chi connectivity index (χ3v) is 5.76. The van der Waals surface area contributed by atoms with Crippen LogP contribution in [0.25, 0.3) is 22.4 Å². The van der Waals surface area contributed by atoms with E-state index in [0.29, 0.717) is 34.7 Å². The van der Waals surface area contributed by atoms with Gasteiger partial charge in [0.25, 0.3) is 0 Å². The van der Waals surface area contributed by atoms with Crippen LogP contribution in [0.4, 0.5) is 0 Å². The summed E-state index contributed by atoms with van der Waals surface area (Å²) in [7, 11) is -3.96. The van der Waals surface area contributed by atoms with Gasteiger partial charge in [-0.2, -0.15) is 0 Å². The molecular formula is C21H20ClN3O4S. The minimum atomic E-state index is -3.96. The first-order chi connectivity index (χ1) is 14.3. The molecule has 0 saturated heterocycles. The maximum Gasteiger partial charge on any atom is 0.243 e. The number of carbonyl (C=O) groups excluding carboxylic acids is 1. The molecule has 0 radical (unpaired) electrons. The molecule has 1 aromatic heterocycles. The maximum atomic E-state index is 12.2. The van der Waals surface area contributed by atoms with Crippen molar-refractivity contribution in [1.29, 1.82) is 0 Å². The monoisotopic (exact) mass is 445 g/mol. The van der Waals surface area contributed by atoms with Crippen molar-refractivity contribution in [3.8, 4) is 22.4 Å². The number of sulfonamides is 1. The highest BCUT2D eigenvalue weighted by Gasteiger charge is 2.19. The van der Waals surface area contributed by atoms with Crippen LogP contribution in [0.15, 0.2) is 65.7 Å². The second-order valence-corrected chi connectivity index (χ2v) is 8.64. The minimum absolute atomic E-state index is 0.00109. The number of rotatable bonds is 7. The van der Waals surface area contributed by atoms with Gasteiger partial charge in [0.1, 0.15) is 0 Å². The Bertz CT molecular complexity index is 1170. The molecule has 156 valence electrons. The van der Waals surface area contributed by atoms with Gasteiger partial charge in [-0.15, -0.1) is 0 Å². The molecule has 0 atom stereocenters. The van der Waals surface area contributed by atoms with Gasteiger partial charge < -0.3 is 0 Å². The van der Waals surface area contributed by atoms with E-state index in [2.05, 4.69) is 4.98 Å². The topological polar surface area (TPSA) is 122 Å². The molecule has 0 aliphatic rings. The Balaban J connectivity index is 2.11. The molecule has 1 amide bonds. The number of hydrogen-bond acceptors (Lipinski definition) is 5. The van der Waals surface area contributed by atoms with E-state index in [1.54, 1.807) is 54.1 Å². The number of benzene rings is 2. The van der Waals surface area contributed by atoms with E-state index in [9.17, 15) is 13.2 Å². The van der Waals surface area contributed by atoms with E-state index < -0.39 is 15.9 Å². The van der Waals surface area contributed by atoms with Crippen LogP contribution in [-0.2, 0) is 21.2 Å². The number of amides is 1. The lowest BCUT2D eigenvalue weighted by Gasteiger charge is -2.14. The second-order valence-electron chi connectivity index (χ2n) is 6.68. The van der Waals surface area contributed by atoms with Gasteiger partial charge in [-0.1, -0.05) is 41.9 Å². The summed E-state index contributed by atoms with van der Waals surface area (Å²) in [4.78, 5) is 15.8. The lowest BCUT2D eigenvalue weighted by molar-refractivity contribution is -0.129. The number of hydrogen-bond donors (Lipinski definition) is 3. The van der Waals surface area contributed by atoms with E-state index in [4.69, 9.17) is 21.9 Å². The van der Waals surface area contributed by atoms with Crippen molar-refractivity contribution < 1.29 is 18.4 Å². The Morgan fingerprint density at radius 3 is 2.47 bits per heavy atom. The summed E-state index contributed by atoms with van der Waals surface area (Å²) < 4.78 is 24.3. The molecule has 30 heavy (non-hydrogen) atoms. The smallest absolute Gasteiger partial charge is 0.243 e. The second kappa shape index (κ2) is 9.36. The number of aromatic nitrogens is 1. The highest BCUT2D eigenvalue weighted by molar-refractivity contribution is 7.89. The van der Waals surface area contributed by atoms with Crippen molar-refractivity contribution in [2.75, 3.05) is 0 Å². The third kappa shape index (κ3) is 5.22. The Labute approximate surface area is 179 Å². The van der Waals surface area contributed by atoms with Crippen molar-refractivity contribution >= 4 is 27.5 Å². The van der Waals surface area contributed by atoms with Gasteiger partial charge in [0.2, 0.25) is 15.9 Å². The number of hydroxylamine groups is 1. The average molecular weight is 446 g/mol. The number of pyridine rings is 1. The molecule has 3 rings (SSSR count). The van der Waals surface area contributed by atoms with Crippen molar-refractivity contribution in [3.63, 3.8) is 0 Å². The summed E-state index contributed by atoms with van der Waals surface area (Å²) in [6.45, 7) is 0. The molecule has 4 N–H and O–H groups in total. The Morgan fingerprint density at radius 1 is 1.10 bits per heavy atom. The highest BCUT2D eigenvalue weighted by Crippen LogP contribution is 2.35. The lowest BCUT2D eigenvalue weighted by atomic mass is 9.96. The fourth-order valence-corrected chi connectivity index (χ4v) is 4.01. The SMILES string of the molecule is NS(=O)(=O)c1ccccc1-c1cc(CCCC(=O)NO)cnc1-c1ccc(Cl)cc1. The zero-order chi connectivity index (χ0) is 21.7. The number of primary sulfonamides is 1. The van der Waals surface area contributed by atoms with Gasteiger partial charge in [0, 0.05) is 34.3 Å². The van der Waals surface area contributed by atoms with E-state index >= 15 is 0 Å². The standard InChI is InChI=1S/C21H20ClN3O4S/c22-16-10-8-15(9-11-16)21-18(17-5-1-2-6-19(17)30(23,28)29)12-14(13-24-21)4-3-7-20(26)25-27/h1-2,5-6,8-13,27H,3-4,7H2,(H,25,26)(H2,23,28,29). The average Bonchev–Trinajstić information content (AvgIpc) is 2.73. The molecule has 9 heteroatoms. The number of halogens is 1. The van der Waals surface area contributed by atoms with Crippen LogP contribution >= 0.6 is 11.6 Å². The predicted octanol–water partition coefficient (Wildman–Crippen LogP) is 3.54. The van der Waals surface area contributed by atoms with Crippen molar-refractivity contribution in [1.82, 2.24) is 10.5 Å². The van der Waals surface area contributed by atoms with Crippen molar-refractivity contribution in [3.05, 3.63) is 71.4 Å². The molecule has 3 aromatic rings. The van der Waals surface area contributed by atoms with Crippen LogP contribution in [-0.4, -0.2) is 24.5 Å². The summed E-state index contributed by atoms with van der Waals surface area (Å²) in [6, 6.07) is 15.4. The molecule has 0 bridgehead atoms. The molecule has 0 unspecified atom stereocenters. The Morgan fingerprint density at radius 2 is 1.80 bits per heavy atom. The van der Waals surface area contributed by atoms with Gasteiger partial charge in [-0.05, 0) is 42.7 Å². The summed E-state index contributed by atoms with van der Waals surface area (Å²) in [5.74, 6) is -0.472. The number of nitrogens with one attached hydrogen (secondary N) is 1. The molecule has 0 fully saturated rings. The van der Waals surface area contributed by atoms with Gasteiger partial charge in [0.15, 0.2) is 0 Å². The summed E-state index contributed by atoms with van der Waals surface area (Å²) in [5, 5.41) is 14.6. The quantitative estimate of drug-likeness (QED) is 0.379. The fraction of sp³-hybridized carbons (Fsp3) is 0.143. The number of aryl methyl sites for hydroxylation is 1. The summed E-state index contributed by atoms with van der Waals surface area (Å²) in [5.41, 5.74) is 4.81. The molecule has 1 heterocycles. The zero-order valence-electron chi connectivity index (χ0n) is 15.9. The van der Waals surface area contributed by atoms with Crippen LogP contribution < -0.4 is 10.6 Å².